The number of fused-ring (bicyclic) bond motifs is 2. The number of benzene rings is 2. The molecule has 3 N–H and O–H groups in total. The normalized spacial score (nSPS) is 11.1. The third kappa shape index (κ3) is 2.59. The van der Waals surface area contributed by atoms with Crippen molar-refractivity contribution in [1.29, 1.82) is 0 Å². The molecule has 0 bridgehead atoms. The van der Waals surface area contributed by atoms with E-state index in [9.17, 15) is 4.79 Å². The van der Waals surface area contributed by atoms with Crippen molar-refractivity contribution in [3.8, 4) is 0 Å². The van der Waals surface area contributed by atoms with Gasteiger partial charge in [-0.2, -0.15) is 0 Å². The maximum absolute atomic E-state index is 12.3. The Bertz CT molecular complexity index is 980. The van der Waals surface area contributed by atoms with Gasteiger partial charge in [-0.05, 0) is 42.3 Å². The molecule has 23 heavy (non-hydrogen) atoms. The number of carbonyl (C=O) groups is 1. The molecule has 4 nitrogen and oxygen atoms in total. The molecule has 4 aromatic rings. The van der Waals surface area contributed by atoms with Crippen LogP contribution in [0.15, 0.2) is 60.9 Å². The summed E-state index contributed by atoms with van der Waals surface area (Å²) in [7, 11) is 0. The molecule has 2 aromatic carbocycles. The zero-order valence-electron chi connectivity index (χ0n) is 12.6. The van der Waals surface area contributed by atoms with Gasteiger partial charge in [0.1, 0.15) is 0 Å². The van der Waals surface area contributed by atoms with Crippen LogP contribution in [0.4, 0.5) is 0 Å². The number of para-hydroxylation sites is 1. The van der Waals surface area contributed by atoms with Gasteiger partial charge in [-0.3, -0.25) is 4.79 Å². The van der Waals surface area contributed by atoms with Gasteiger partial charge < -0.3 is 15.3 Å². The number of hydrogen-bond donors (Lipinski definition) is 3. The molecule has 0 fully saturated rings. The Labute approximate surface area is 133 Å². The molecule has 4 rings (SSSR count). The molecule has 0 aliphatic heterocycles. The topological polar surface area (TPSA) is 60.7 Å². The average molecular weight is 303 g/mol. The fraction of sp³-hybridized carbons (Fsp3) is 0.105. The van der Waals surface area contributed by atoms with Crippen LogP contribution in [-0.2, 0) is 6.42 Å². The first kappa shape index (κ1) is 13.6. The summed E-state index contributed by atoms with van der Waals surface area (Å²) in [6, 6.07) is 15.9. The molecule has 0 saturated heterocycles. The highest BCUT2D eigenvalue weighted by Gasteiger charge is 2.07. The van der Waals surface area contributed by atoms with Crippen molar-refractivity contribution < 1.29 is 4.79 Å². The lowest BCUT2D eigenvalue weighted by molar-refractivity contribution is 0.0954. The van der Waals surface area contributed by atoms with E-state index < -0.39 is 0 Å². The van der Waals surface area contributed by atoms with E-state index in [1.165, 1.54) is 10.9 Å². The zero-order chi connectivity index (χ0) is 15.6. The zero-order valence-corrected chi connectivity index (χ0v) is 12.6. The van der Waals surface area contributed by atoms with Crippen molar-refractivity contribution in [2.45, 2.75) is 6.42 Å². The summed E-state index contributed by atoms with van der Waals surface area (Å²) in [4.78, 5) is 18.7. The van der Waals surface area contributed by atoms with Crippen molar-refractivity contribution in [2.75, 3.05) is 6.54 Å². The molecule has 4 heteroatoms. The lowest BCUT2D eigenvalue weighted by Gasteiger charge is -2.05. The number of nitrogens with one attached hydrogen (secondary N) is 3. The molecular formula is C19H17N3O. The van der Waals surface area contributed by atoms with Crippen LogP contribution in [0.2, 0.25) is 0 Å². The SMILES string of the molecule is O=C(NCCc1c[nH]c2ccccc12)c1ccc2[nH]ccc2c1. The van der Waals surface area contributed by atoms with Crippen molar-refractivity contribution in [1.82, 2.24) is 15.3 Å². The minimum absolute atomic E-state index is 0.0343. The second-order valence-electron chi connectivity index (χ2n) is 5.65. The van der Waals surface area contributed by atoms with Crippen LogP contribution >= 0.6 is 0 Å². The fourth-order valence-corrected chi connectivity index (χ4v) is 2.95. The predicted octanol–water partition coefficient (Wildman–Crippen LogP) is 3.62. The molecule has 0 radical (unpaired) electrons. The molecule has 2 heterocycles. The summed E-state index contributed by atoms with van der Waals surface area (Å²) in [5.41, 5.74) is 4.09. The first-order valence-corrected chi connectivity index (χ1v) is 7.71. The maximum Gasteiger partial charge on any atom is 0.251 e. The van der Waals surface area contributed by atoms with Gasteiger partial charge in [0, 0.05) is 46.3 Å². The van der Waals surface area contributed by atoms with Crippen LogP contribution in [0.5, 0.6) is 0 Å². The van der Waals surface area contributed by atoms with Crippen LogP contribution in [0.3, 0.4) is 0 Å². The first-order valence-electron chi connectivity index (χ1n) is 7.71. The number of aromatic amines is 2. The highest BCUT2D eigenvalue weighted by Crippen LogP contribution is 2.18. The van der Waals surface area contributed by atoms with Crippen LogP contribution in [0.25, 0.3) is 21.8 Å². The predicted molar refractivity (Wildman–Crippen MR) is 92.6 cm³/mol. The molecule has 0 unspecified atom stereocenters. The molecule has 1 amide bonds. The Morgan fingerprint density at radius 3 is 2.87 bits per heavy atom. The maximum atomic E-state index is 12.3. The van der Waals surface area contributed by atoms with E-state index >= 15 is 0 Å². The Kier molecular flexibility index (Phi) is 3.35. The number of rotatable bonds is 4. The third-order valence-corrected chi connectivity index (χ3v) is 4.17. The number of amides is 1. The van der Waals surface area contributed by atoms with E-state index in [1.807, 2.05) is 48.8 Å². The molecule has 0 saturated carbocycles. The van der Waals surface area contributed by atoms with Crippen molar-refractivity contribution in [2.24, 2.45) is 0 Å². The van der Waals surface area contributed by atoms with Gasteiger partial charge in [-0.1, -0.05) is 18.2 Å². The summed E-state index contributed by atoms with van der Waals surface area (Å²) in [6.45, 7) is 0.617. The number of aromatic nitrogens is 2. The summed E-state index contributed by atoms with van der Waals surface area (Å²) in [6.07, 6.45) is 4.70. The van der Waals surface area contributed by atoms with Gasteiger partial charge in [0.05, 0.1) is 0 Å². The minimum Gasteiger partial charge on any atom is -0.361 e. The minimum atomic E-state index is -0.0343. The molecule has 0 atom stereocenters. The van der Waals surface area contributed by atoms with Crippen molar-refractivity contribution >= 4 is 27.7 Å². The van der Waals surface area contributed by atoms with E-state index in [4.69, 9.17) is 0 Å². The second kappa shape index (κ2) is 5.65. The van der Waals surface area contributed by atoms with Crippen LogP contribution in [0, 0.1) is 0 Å². The van der Waals surface area contributed by atoms with Gasteiger partial charge in [0.25, 0.3) is 5.91 Å². The summed E-state index contributed by atoms with van der Waals surface area (Å²) >= 11 is 0. The molecule has 114 valence electrons. The molecule has 2 aromatic heterocycles. The van der Waals surface area contributed by atoms with Gasteiger partial charge in [-0.25, -0.2) is 0 Å². The summed E-state index contributed by atoms with van der Waals surface area (Å²) in [5, 5.41) is 5.26. The van der Waals surface area contributed by atoms with Crippen molar-refractivity contribution in [3.05, 3.63) is 72.1 Å². The van der Waals surface area contributed by atoms with E-state index in [1.54, 1.807) is 0 Å². The molecule has 0 spiro atoms. The van der Waals surface area contributed by atoms with E-state index in [2.05, 4.69) is 27.4 Å². The number of H-pyrrole nitrogens is 2. The lowest BCUT2D eigenvalue weighted by atomic mass is 10.1. The van der Waals surface area contributed by atoms with Crippen LogP contribution < -0.4 is 5.32 Å². The van der Waals surface area contributed by atoms with Gasteiger partial charge >= 0.3 is 0 Å². The van der Waals surface area contributed by atoms with Crippen molar-refractivity contribution in [3.63, 3.8) is 0 Å². The average Bonchev–Trinajstić information content (AvgIpc) is 3.21. The number of carbonyl (C=O) groups excluding carboxylic acids is 1. The van der Waals surface area contributed by atoms with Gasteiger partial charge in [0.2, 0.25) is 0 Å². The molecule has 0 aliphatic rings. The Hall–Kier alpha value is -3.01. The molecule has 0 aliphatic carbocycles. The van der Waals surface area contributed by atoms with Gasteiger partial charge in [-0.15, -0.1) is 0 Å². The Balaban J connectivity index is 1.43. The standard InChI is InChI=1S/C19H17N3O/c23-19(14-5-6-17-13(11-14)7-9-20-17)21-10-8-15-12-22-18-4-2-1-3-16(15)18/h1-7,9,11-12,20,22H,8,10H2,(H,21,23). The second-order valence-corrected chi connectivity index (χ2v) is 5.65. The van der Waals surface area contributed by atoms with E-state index in [0.29, 0.717) is 12.1 Å². The largest absolute Gasteiger partial charge is 0.361 e. The highest BCUT2D eigenvalue weighted by molar-refractivity contribution is 5.98. The van der Waals surface area contributed by atoms with E-state index in [-0.39, 0.29) is 5.91 Å². The quantitative estimate of drug-likeness (QED) is 0.530. The third-order valence-electron chi connectivity index (χ3n) is 4.17. The Morgan fingerprint density at radius 2 is 1.91 bits per heavy atom. The van der Waals surface area contributed by atoms with E-state index in [0.717, 1.165) is 22.8 Å². The Morgan fingerprint density at radius 1 is 1.00 bits per heavy atom. The lowest BCUT2D eigenvalue weighted by Crippen LogP contribution is -2.25. The number of hydrogen-bond acceptors (Lipinski definition) is 1. The summed E-state index contributed by atoms with van der Waals surface area (Å²) < 4.78 is 0. The molecular weight excluding hydrogens is 286 g/mol. The smallest absolute Gasteiger partial charge is 0.251 e. The van der Waals surface area contributed by atoms with Gasteiger partial charge in [0.15, 0.2) is 0 Å². The summed E-state index contributed by atoms with van der Waals surface area (Å²) in [5.74, 6) is -0.0343. The van der Waals surface area contributed by atoms with Crippen LogP contribution in [-0.4, -0.2) is 22.4 Å². The monoisotopic (exact) mass is 303 g/mol. The van der Waals surface area contributed by atoms with Crippen LogP contribution in [0.1, 0.15) is 15.9 Å². The fourth-order valence-electron chi connectivity index (χ4n) is 2.95. The first-order chi connectivity index (χ1) is 11.3. The highest BCUT2D eigenvalue weighted by atomic mass is 16.1.